The number of hydrogen-bond acceptors (Lipinski definition) is 5. The Kier molecular flexibility index (Phi) is 5.66. The lowest BCUT2D eigenvalue weighted by Gasteiger charge is -2.23. The molecular formula is C19H27N5O2. The molecule has 0 aliphatic carbocycles. The van der Waals surface area contributed by atoms with E-state index in [0.29, 0.717) is 32.7 Å². The van der Waals surface area contributed by atoms with Crippen molar-refractivity contribution in [3.8, 4) is 0 Å². The first-order chi connectivity index (χ1) is 12.4. The Morgan fingerprint density at radius 2 is 2.12 bits per heavy atom. The maximum atomic E-state index is 12.9. The van der Waals surface area contributed by atoms with Crippen molar-refractivity contribution in [1.82, 2.24) is 24.6 Å². The van der Waals surface area contributed by atoms with Gasteiger partial charge < -0.3 is 9.64 Å². The smallest absolute Gasteiger partial charge is 0.227 e. The third-order valence-electron chi connectivity index (χ3n) is 5.04. The van der Waals surface area contributed by atoms with Crippen molar-refractivity contribution in [1.29, 1.82) is 0 Å². The molecule has 1 amide bonds. The number of ether oxygens (including phenoxy) is 1. The average Bonchev–Trinajstić information content (AvgIpc) is 2.78. The molecular weight excluding hydrogens is 330 g/mol. The van der Waals surface area contributed by atoms with Gasteiger partial charge in [0.05, 0.1) is 25.3 Å². The lowest BCUT2D eigenvalue weighted by Crippen LogP contribution is -2.37. The second-order valence-electron chi connectivity index (χ2n) is 7.09. The van der Waals surface area contributed by atoms with E-state index in [4.69, 9.17) is 4.74 Å². The number of aryl methyl sites for hydroxylation is 3. The molecule has 0 N–H and O–H groups in total. The van der Waals surface area contributed by atoms with E-state index in [9.17, 15) is 4.79 Å². The van der Waals surface area contributed by atoms with E-state index in [1.54, 1.807) is 6.33 Å². The molecule has 1 fully saturated rings. The number of aromatic nitrogens is 4. The normalized spacial score (nSPS) is 18.0. The molecule has 0 spiro atoms. The summed E-state index contributed by atoms with van der Waals surface area (Å²) in [6.45, 7) is 8.49. The van der Waals surface area contributed by atoms with Crippen LogP contribution >= 0.6 is 0 Å². The van der Waals surface area contributed by atoms with Gasteiger partial charge in [-0.3, -0.25) is 9.48 Å². The number of nitrogens with zero attached hydrogens (tertiary/aromatic N) is 5. The molecule has 2 aromatic rings. The molecule has 7 nitrogen and oxygen atoms in total. The summed E-state index contributed by atoms with van der Waals surface area (Å²) in [5, 5.41) is 4.41. The lowest BCUT2D eigenvalue weighted by molar-refractivity contribution is -0.130. The van der Waals surface area contributed by atoms with Crippen LogP contribution in [0.5, 0.6) is 0 Å². The van der Waals surface area contributed by atoms with Crippen molar-refractivity contribution in [2.45, 2.75) is 33.6 Å². The van der Waals surface area contributed by atoms with Gasteiger partial charge in [-0.25, -0.2) is 9.97 Å². The van der Waals surface area contributed by atoms with Crippen molar-refractivity contribution in [3.63, 3.8) is 0 Å². The first kappa shape index (κ1) is 18.5. The Morgan fingerprint density at radius 3 is 2.81 bits per heavy atom. The van der Waals surface area contributed by atoms with Crippen molar-refractivity contribution >= 4 is 5.91 Å². The monoisotopic (exact) mass is 357 g/mol. The summed E-state index contributed by atoms with van der Waals surface area (Å²) in [5.74, 6) is 0.380. The van der Waals surface area contributed by atoms with Crippen molar-refractivity contribution in [2.75, 3.05) is 26.3 Å². The summed E-state index contributed by atoms with van der Waals surface area (Å²) in [6.07, 6.45) is 2.78. The van der Waals surface area contributed by atoms with Gasteiger partial charge in [0.15, 0.2) is 0 Å². The van der Waals surface area contributed by atoms with Gasteiger partial charge in [0.25, 0.3) is 0 Å². The van der Waals surface area contributed by atoms with Crippen LogP contribution in [-0.2, 0) is 29.4 Å². The molecule has 0 aromatic carbocycles. The predicted octanol–water partition coefficient (Wildman–Crippen LogP) is 1.40. The van der Waals surface area contributed by atoms with Crippen LogP contribution < -0.4 is 0 Å². The molecule has 0 bridgehead atoms. The molecule has 1 aliphatic rings. The van der Waals surface area contributed by atoms with Crippen LogP contribution in [-0.4, -0.2) is 56.9 Å². The number of carbonyl (C=O) groups is 1. The van der Waals surface area contributed by atoms with Crippen LogP contribution in [0.1, 0.15) is 28.3 Å². The minimum absolute atomic E-state index is 0.138. The molecule has 3 heterocycles. The van der Waals surface area contributed by atoms with Crippen molar-refractivity contribution < 1.29 is 9.53 Å². The number of amides is 1. The van der Waals surface area contributed by atoms with E-state index in [-0.39, 0.29) is 11.8 Å². The predicted molar refractivity (Wildman–Crippen MR) is 97.7 cm³/mol. The molecule has 1 saturated heterocycles. The van der Waals surface area contributed by atoms with Crippen LogP contribution in [0.25, 0.3) is 0 Å². The van der Waals surface area contributed by atoms with E-state index in [2.05, 4.69) is 15.1 Å². The highest BCUT2D eigenvalue weighted by molar-refractivity contribution is 5.79. The highest BCUT2D eigenvalue weighted by Crippen LogP contribution is 2.17. The molecule has 1 atom stereocenters. The molecule has 26 heavy (non-hydrogen) atoms. The highest BCUT2D eigenvalue weighted by Gasteiger charge is 2.24. The van der Waals surface area contributed by atoms with E-state index >= 15 is 0 Å². The minimum Gasteiger partial charge on any atom is -0.379 e. The lowest BCUT2D eigenvalue weighted by atomic mass is 10.0. The van der Waals surface area contributed by atoms with E-state index in [1.807, 2.05) is 43.5 Å². The zero-order valence-electron chi connectivity index (χ0n) is 16.0. The Hall–Kier alpha value is -2.28. The number of hydrogen-bond donors (Lipinski definition) is 0. The van der Waals surface area contributed by atoms with Gasteiger partial charge in [0.1, 0.15) is 6.33 Å². The van der Waals surface area contributed by atoms with Gasteiger partial charge in [-0.05, 0) is 33.3 Å². The molecule has 2 aromatic heterocycles. The van der Waals surface area contributed by atoms with Gasteiger partial charge in [-0.15, -0.1) is 0 Å². The van der Waals surface area contributed by atoms with Crippen LogP contribution in [0.15, 0.2) is 12.4 Å². The molecule has 3 rings (SSSR count). The summed E-state index contributed by atoms with van der Waals surface area (Å²) in [5.41, 5.74) is 4.97. The molecule has 0 saturated carbocycles. The molecule has 0 unspecified atom stereocenters. The van der Waals surface area contributed by atoms with E-state index < -0.39 is 0 Å². The quantitative estimate of drug-likeness (QED) is 0.827. The molecule has 7 heteroatoms. The largest absolute Gasteiger partial charge is 0.379 e. The van der Waals surface area contributed by atoms with Crippen LogP contribution in [0.4, 0.5) is 0 Å². The third-order valence-corrected chi connectivity index (χ3v) is 5.04. The number of rotatable bonds is 4. The van der Waals surface area contributed by atoms with Crippen molar-refractivity contribution in [2.24, 2.45) is 13.0 Å². The third kappa shape index (κ3) is 4.27. The van der Waals surface area contributed by atoms with Gasteiger partial charge in [0.2, 0.25) is 5.91 Å². The van der Waals surface area contributed by atoms with Crippen molar-refractivity contribution in [3.05, 3.63) is 40.7 Å². The fraction of sp³-hybridized carbons (Fsp3) is 0.579. The molecule has 1 aliphatic heterocycles. The molecule has 140 valence electrons. The highest BCUT2D eigenvalue weighted by atomic mass is 16.5. The summed E-state index contributed by atoms with van der Waals surface area (Å²) in [6, 6.07) is 2.00. The maximum absolute atomic E-state index is 12.9. The minimum atomic E-state index is 0.138. The Morgan fingerprint density at radius 1 is 1.31 bits per heavy atom. The second-order valence-corrected chi connectivity index (χ2v) is 7.09. The second kappa shape index (κ2) is 7.95. The van der Waals surface area contributed by atoms with Gasteiger partial charge in [-0.1, -0.05) is 0 Å². The van der Waals surface area contributed by atoms with Crippen LogP contribution in [0.2, 0.25) is 0 Å². The fourth-order valence-electron chi connectivity index (χ4n) is 3.48. The molecule has 0 radical (unpaired) electrons. The zero-order valence-corrected chi connectivity index (χ0v) is 16.0. The Labute approximate surface area is 154 Å². The first-order valence-corrected chi connectivity index (χ1v) is 9.06. The SMILES string of the molecule is Cc1cc(C[C@H]2COCCN(C(=O)Cc3c(C)nn(C)c3C)C2)ncn1. The topological polar surface area (TPSA) is 73.1 Å². The van der Waals surface area contributed by atoms with Gasteiger partial charge >= 0.3 is 0 Å². The standard InChI is InChI=1S/C19H27N5O2/c1-13-7-17(21-12-20-13)8-16-10-24(5-6-26-11-16)19(25)9-18-14(2)22-23(4)15(18)3/h7,12,16H,5-6,8-11H2,1-4H3/t16-/m1/s1. The van der Waals surface area contributed by atoms with Crippen LogP contribution in [0, 0.1) is 26.7 Å². The summed E-state index contributed by atoms with van der Waals surface area (Å²) in [4.78, 5) is 23.3. The average molecular weight is 357 g/mol. The zero-order chi connectivity index (χ0) is 18.7. The maximum Gasteiger partial charge on any atom is 0.227 e. The first-order valence-electron chi connectivity index (χ1n) is 9.06. The van der Waals surface area contributed by atoms with Gasteiger partial charge in [0, 0.05) is 48.7 Å². The van der Waals surface area contributed by atoms with Crippen LogP contribution in [0.3, 0.4) is 0 Å². The fourth-order valence-corrected chi connectivity index (χ4v) is 3.48. The van der Waals surface area contributed by atoms with E-state index in [0.717, 1.165) is 34.8 Å². The Balaban J connectivity index is 1.67. The summed E-state index contributed by atoms with van der Waals surface area (Å²) < 4.78 is 7.58. The van der Waals surface area contributed by atoms with Gasteiger partial charge in [-0.2, -0.15) is 5.10 Å². The number of carbonyl (C=O) groups excluding carboxylic acids is 1. The summed E-state index contributed by atoms with van der Waals surface area (Å²) >= 11 is 0. The Bertz CT molecular complexity index is 786. The van der Waals surface area contributed by atoms with E-state index in [1.165, 1.54) is 0 Å². The summed E-state index contributed by atoms with van der Waals surface area (Å²) in [7, 11) is 1.91.